The molecule has 10 atom stereocenters. The lowest BCUT2D eigenvalue weighted by atomic mass is 9.72. The van der Waals surface area contributed by atoms with Crippen LogP contribution in [-0.2, 0) is 63.8 Å². The van der Waals surface area contributed by atoms with E-state index in [0.717, 1.165) is 4.90 Å². The largest absolute Gasteiger partial charge is 0.507 e. The quantitative estimate of drug-likeness (QED) is 0.0151. The zero-order chi connectivity index (χ0) is 98.7. The summed E-state index contributed by atoms with van der Waals surface area (Å²) in [5, 5.41) is 112. The van der Waals surface area contributed by atoms with Crippen molar-refractivity contribution in [3.8, 4) is 29.1 Å². The molecule has 736 valence electrons. The standard InChI is InChI=1S/C93H110F4N14O26/c1-52-82(124)67(38-78(136-52)137-69-42-91(133,70(113)49-112)40-63-79(69)86(128)81-80(85(63)127)83(125)57-13-2-3-14-58(57)84(81)126)106-90(132)68-41-93(96,97)51-111(68)74(117)45-104-88(130)60-22-26-100-65-18-16-56(37-62(60)65)135-34-9-6-24-102-89(131)66(105-72(115)46-107-27-7-4-11-53(35-75(118)119)12-10-28-108(47-76(120)121)30-32-109(31-29-107)48-77(122)123)19-20-71(114)101-23-5-8-33-134-55-15-17-64-61(36-55)59(21-25-99-64)87(129)103-44-73(116)110-50-92(94,95)39-54(110)43-98/h2-3,13-18,21-22,25-26,36-37,52-54,66-69,78,82,112,124,127-128,133H,4-12,19-20,23-24,27-35,38-42,44-51H2,1H3,(H,101,114)(H,102,131)(H,103,129)(H,104,130)(H,105,115)(H,106,132)(H,118,119)(H,120,121)(H,122,123)/t52-,53?,54+,66?,67-,68?,69-,78-,82+,91-/m0/s1. The highest BCUT2D eigenvalue weighted by Crippen LogP contribution is 2.52. The second-order valence-electron chi connectivity index (χ2n) is 35.2. The van der Waals surface area contributed by atoms with E-state index < -0.39 is 243 Å². The van der Waals surface area contributed by atoms with Crippen LogP contribution in [0.1, 0.15) is 179 Å². The number of aliphatic hydroxyl groups excluding tert-OH is 2. The number of likely N-dealkylation sites (tertiary alicyclic amines) is 2. The molecule has 44 heteroatoms. The number of carboxylic acid groups (broad SMARTS) is 3. The molecular weight excluding hydrogens is 1810 g/mol. The van der Waals surface area contributed by atoms with Crippen LogP contribution < -0.4 is 41.4 Å². The van der Waals surface area contributed by atoms with E-state index in [1.807, 2.05) is 0 Å². The van der Waals surface area contributed by atoms with Gasteiger partial charge in [0.25, 0.3) is 23.7 Å². The molecule has 2 aromatic heterocycles. The summed E-state index contributed by atoms with van der Waals surface area (Å²) in [5.74, 6) is -20.8. The number of benzene rings is 4. The van der Waals surface area contributed by atoms with Crippen LogP contribution in [0, 0.1) is 17.2 Å². The molecule has 40 nitrogen and oxygen atoms in total. The Morgan fingerprint density at radius 1 is 0.635 bits per heavy atom. The number of ketones is 3. The zero-order valence-electron chi connectivity index (χ0n) is 75.0. The Labute approximate surface area is 782 Å². The topological polar surface area (TPSA) is 576 Å². The first kappa shape index (κ1) is 103. The molecule has 12 rings (SSSR count). The van der Waals surface area contributed by atoms with Gasteiger partial charge in [0.1, 0.15) is 59.4 Å². The van der Waals surface area contributed by atoms with Crippen LogP contribution in [0.15, 0.2) is 85.2 Å². The van der Waals surface area contributed by atoms with Gasteiger partial charge in [0.15, 0.2) is 23.6 Å². The van der Waals surface area contributed by atoms with Gasteiger partial charge in [-0.15, -0.1) is 0 Å². The SMILES string of the molecule is C[C@@H]1O[C@@H](O[C@H]2C[C@](O)(C(=O)CO)Cc3c(O)c4c(c(O)c32)C(=O)c2ccccc2C4=O)C[C@H](NC(=O)C2CC(F)(F)CN2C(=O)CNC(=O)c2ccnc3ccc(OCCCCNC(=O)C(CCC(=O)NCCCCOc4ccc5nccc(C(=O)NCC(=O)N6CC(F)(F)C[C@@H]6C#N)c5c4)NC(=O)CN4CCCCC(CC(=O)O)CCCN(CC(=O)O)CCN(CC(=O)O)CC4)cc23)[C@@H]1O. The van der Waals surface area contributed by atoms with Gasteiger partial charge in [-0.1, -0.05) is 30.7 Å². The average molecular weight is 1920 g/mol. The van der Waals surface area contributed by atoms with E-state index in [0.29, 0.717) is 97.9 Å². The van der Waals surface area contributed by atoms with Crippen molar-refractivity contribution in [1.82, 2.24) is 66.4 Å². The number of halogens is 4. The number of unbranched alkanes of at least 4 members (excludes halogenated alkanes) is 2. The number of carboxylic acids is 3. The van der Waals surface area contributed by atoms with Crippen LogP contribution in [0.3, 0.4) is 0 Å². The minimum absolute atomic E-state index is 0.0322. The molecular formula is C93H110F4N14O26. The Morgan fingerprint density at radius 2 is 1.18 bits per heavy atom. The molecule has 4 fully saturated rings. The molecule has 0 bridgehead atoms. The van der Waals surface area contributed by atoms with Crippen LogP contribution in [0.4, 0.5) is 17.6 Å². The van der Waals surface area contributed by atoms with Crippen LogP contribution >= 0.6 is 0 Å². The van der Waals surface area contributed by atoms with E-state index in [1.54, 1.807) is 51.1 Å². The number of hydrogen-bond donors (Lipinski definition) is 14. The Hall–Kier alpha value is -13.0. The second-order valence-corrected chi connectivity index (χ2v) is 35.2. The average Bonchev–Trinajstić information content (AvgIpc) is 1.65. The molecule has 4 saturated heterocycles. The number of rotatable bonds is 37. The van der Waals surface area contributed by atoms with Gasteiger partial charge < -0.3 is 102 Å². The van der Waals surface area contributed by atoms with Crippen molar-refractivity contribution >= 4 is 104 Å². The lowest BCUT2D eigenvalue weighted by molar-refractivity contribution is -0.249. The summed E-state index contributed by atoms with van der Waals surface area (Å²) in [5.41, 5.74) is -3.90. The van der Waals surface area contributed by atoms with Gasteiger partial charge in [0.2, 0.25) is 35.4 Å². The predicted octanol–water partition coefficient (Wildman–Crippen LogP) is 3.05. The number of amides is 8. The third-order valence-electron chi connectivity index (χ3n) is 25.2. The highest BCUT2D eigenvalue weighted by atomic mass is 19.3. The fourth-order valence-electron chi connectivity index (χ4n) is 18.1. The molecule has 2 aliphatic carbocycles. The summed E-state index contributed by atoms with van der Waals surface area (Å²) in [4.78, 5) is 203. The highest BCUT2D eigenvalue weighted by Gasteiger charge is 2.54. The zero-order valence-corrected chi connectivity index (χ0v) is 75.0. The first-order valence-electron chi connectivity index (χ1n) is 45.3. The first-order chi connectivity index (χ1) is 65.3. The number of aliphatic hydroxyl groups is 3. The maximum atomic E-state index is 15.5. The lowest BCUT2D eigenvalue weighted by Gasteiger charge is -2.43. The highest BCUT2D eigenvalue weighted by molar-refractivity contribution is 6.30. The van der Waals surface area contributed by atoms with Crippen LogP contribution in [0.25, 0.3) is 21.8 Å². The molecule has 137 heavy (non-hydrogen) atoms. The number of nitrogens with zero attached hydrogens (tertiary/aromatic N) is 8. The van der Waals surface area contributed by atoms with Crippen molar-refractivity contribution in [2.45, 2.75) is 182 Å². The van der Waals surface area contributed by atoms with Gasteiger partial charge >= 0.3 is 17.9 Å². The van der Waals surface area contributed by atoms with Gasteiger partial charge in [-0.3, -0.25) is 91.8 Å². The molecule has 4 aliphatic heterocycles. The number of carbonyl (C=O) groups excluding carboxylic acids is 11. The number of aromatic nitrogens is 2. The smallest absolute Gasteiger partial charge is 0.317 e. The number of phenols is 2. The van der Waals surface area contributed by atoms with Crippen LogP contribution in [-0.4, -0.2) is 336 Å². The molecule has 3 unspecified atom stereocenters. The van der Waals surface area contributed by atoms with Crippen molar-refractivity contribution in [3.05, 3.63) is 130 Å². The number of pyridine rings is 2. The summed E-state index contributed by atoms with van der Waals surface area (Å²) in [6.45, 7) is -3.00. The summed E-state index contributed by atoms with van der Waals surface area (Å²) in [6, 6.07) is 13.5. The predicted molar refractivity (Wildman–Crippen MR) is 473 cm³/mol. The third-order valence-corrected chi connectivity index (χ3v) is 25.2. The number of phenolic OH excluding ortho intramolecular Hbond substituents is 2. The molecule has 0 spiro atoms. The van der Waals surface area contributed by atoms with Gasteiger partial charge in [0.05, 0.1) is 117 Å². The summed E-state index contributed by atoms with van der Waals surface area (Å²) in [7, 11) is 0. The summed E-state index contributed by atoms with van der Waals surface area (Å²) >= 11 is 0. The number of Topliss-reactive ketones (excluding diaryl/α,β-unsaturated/α-hetero) is 1. The molecule has 14 N–H and O–H groups in total. The fourth-order valence-corrected chi connectivity index (χ4v) is 18.1. The number of ether oxygens (including phenoxy) is 4. The van der Waals surface area contributed by atoms with Crippen molar-refractivity contribution in [2.75, 3.05) is 118 Å². The number of fused-ring (bicyclic) bond motifs is 5. The number of nitrogens with one attached hydrogen (secondary N) is 6. The fraction of sp³-hybridized carbons (Fsp3) is 0.516. The molecule has 6 aromatic rings. The monoisotopic (exact) mass is 1910 g/mol. The van der Waals surface area contributed by atoms with Crippen molar-refractivity contribution in [3.63, 3.8) is 0 Å². The van der Waals surface area contributed by atoms with Crippen molar-refractivity contribution in [2.24, 2.45) is 5.92 Å². The van der Waals surface area contributed by atoms with Crippen LogP contribution in [0.2, 0.25) is 0 Å². The molecule has 6 heterocycles. The Balaban J connectivity index is 0.643. The van der Waals surface area contributed by atoms with Gasteiger partial charge in [-0.2, -0.15) is 5.26 Å². The van der Waals surface area contributed by atoms with Crippen molar-refractivity contribution < 1.29 is 144 Å². The number of aromatic hydroxyl groups is 2. The molecule has 0 saturated carbocycles. The van der Waals surface area contributed by atoms with Gasteiger partial charge in [-0.05, 0) is 132 Å². The maximum Gasteiger partial charge on any atom is 0.317 e. The van der Waals surface area contributed by atoms with Crippen molar-refractivity contribution in [1.29, 1.82) is 5.26 Å². The minimum Gasteiger partial charge on any atom is -0.507 e. The molecule has 4 aromatic carbocycles. The number of hydrogen-bond acceptors (Lipinski definition) is 29. The molecule has 0 radical (unpaired) electrons. The number of alkyl halides is 4. The maximum absolute atomic E-state index is 15.5. The number of nitriles is 1. The van der Waals surface area contributed by atoms with E-state index in [-0.39, 0.29) is 135 Å². The molecule has 8 amide bonds. The van der Waals surface area contributed by atoms with Gasteiger partial charge in [0, 0.05) is 130 Å². The lowest BCUT2D eigenvalue weighted by Crippen LogP contribution is -2.58. The minimum atomic E-state index is -3.64. The van der Waals surface area contributed by atoms with E-state index >= 15 is 8.78 Å². The Bertz CT molecular complexity index is 5590. The van der Waals surface area contributed by atoms with E-state index in [1.165, 1.54) is 61.8 Å². The number of carbonyl (C=O) groups is 14. The van der Waals surface area contributed by atoms with E-state index in [2.05, 4.69) is 41.9 Å². The Kier molecular flexibility index (Phi) is 34.7. The second kappa shape index (κ2) is 46.2. The van der Waals surface area contributed by atoms with E-state index in [4.69, 9.17) is 18.9 Å². The van der Waals surface area contributed by atoms with E-state index in [9.17, 15) is 122 Å². The summed E-state index contributed by atoms with van der Waals surface area (Å²) < 4.78 is 83.4. The number of aliphatic carboxylic acids is 3. The first-order valence-corrected chi connectivity index (χ1v) is 45.3. The van der Waals surface area contributed by atoms with Gasteiger partial charge in [-0.25, -0.2) is 17.6 Å². The Morgan fingerprint density at radius 3 is 1.75 bits per heavy atom. The molecule has 6 aliphatic rings. The summed E-state index contributed by atoms with van der Waals surface area (Å²) in [6.07, 6.45) is -3.94. The normalized spacial score (nSPS) is 22.2. The third kappa shape index (κ3) is 26.6. The van der Waals surface area contributed by atoms with Crippen LogP contribution in [0.5, 0.6) is 23.0 Å².